The molecule has 0 aliphatic rings. The second-order valence-corrected chi connectivity index (χ2v) is 5.95. The molecule has 2 N–H and O–H groups in total. The van der Waals surface area contributed by atoms with Gasteiger partial charge in [-0.15, -0.1) is 0 Å². The first-order valence-electron chi connectivity index (χ1n) is 8.28. The third kappa shape index (κ3) is 3.34. The molecular formula is C18H18N6O2. The summed E-state index contributed by atoms with van der Waals surface area (Å²) in [7, 11) is 0. The first kappa shape index (κ1) is 16.1. The lowest BCUT2D eigenvalue weighted by Gasteiger charge is -2.08. The number of aromatic nitrogens is 5. The molecule has 4 heterocycles. The standard InChI is InChI=1S/C18H18N6O2/c1-11-7-16(26-24-11)14-9-21-18(20-6-5-13-8-19-10-22-13)23-17(14)15-4-3-12(2)25-15/h3-4,7-10H,5-6H2,1-2H3,(H,19,22)(H,20,21,23). The number of anilines is 1. The first-order chi connectivity index (χ1) is 12.7. The van der Waals surface area contributed by atoms with E-state index < -0.39 is 0 Å². The Morgan fingerprint density at radius 3 is 2.77 bits per heavy atom. The van der Waals surface area contributed by atoms with E-state index in [0.717, 1.165) is 29.1 Å². The highest BCUT2D eigenvalue weighted by Crippen LogP contribution is 2.32. The second kappa shape index (κ2) is 6.83. The SMILES string of the molecule is Cc1cc(-c2cnc(NCCc3cnc[nH]3)nc2-c2ccc(C)o2)on1. The molecule has 4 rings (SSSR count). The highest BCUT2D eigenvalue weighted by molar-refractivity contribution is 5.75. The van der Waals surface area contributed by atoms with Gasteiger partial charge in [0.25, 0.3) is 0 Å². The third-order valence-corrected chi connectivity index (χ3v) is 3.89. The Hall–Kier alpha value is -3.42. The average Bonchev–Trinajstić information content (AvgIpc) is 3.37. The number of furan rings is 1. The van der Waals surface area contributed by atoms with E-state index in [9.17, 15) is 0 Å². The smallest absolute Gasteiger partial charge is 0.223 e. The van der Waals surface area contributed by atoms with Crippen LogP contribution in [-0.4, -0.2) is 31.6 Å². The van der Waals surface area contributed by atoms with Crippen molar-refractivity contribution < 1.29 is 8.94 Å². The Morgan fingerprint density at radius 2 is 2.08 bits per heavy atom. The minimum atomic E-state index is 0.522. The van der Waals surface area contributed by atoms with Crippen LogP contribution in [-0.2, 0) is 6.42 Å². The predicted molar refractivity (Wildman–Crippen MR) is 95.5 cm³/mol. The number of H-pyrrole nitrogens is 1. The van der Waals surface area contributed by atoms with Crippen LogP contribution in [0.4, 0.5) is 5.95 Å². The van der Waals surface area contributed by atoms with Gasteiger partial charge in [-0.25, -0.2) is 15.0 Å². The molecule has 0 bridgehead atoms. The molecule has 0 spiro atoms. The summed E-state index contributed by atoms with van der Waals surface area (Å²) in [4.78, 5) is 16.1. The van der Waals surface area contributed by atoms with Gasteiger partial charge in [-0.05, 0) is 26.0 Å². The number of aryl methyl sites for hydroxylation is 2. The normalized spacial score (nSPS) is 11.0. The van der Waals surface area contributed by atoms with Crippen LogP contribution in [0.25, 0.3) is 22.8 Å². The van der Waals surface area contributed by atoms with Gasteiger partial charge in [0.15, 0.2) is 11.5 Å². The summed E-state index contributed by atoms with van der Waals surface area (Å²) in [6.45, 7) is 4.45. The Bertz CT molecular complexity index is 1000. The van der Waals surface area contributed by atoms with Gasteiger partial charge < -0.3 is 19.2 Å². The largest absolute Gasteiger partial charge is 0.460 e. The van der Waals surface area contributed by atoms with Gasteiger partial charge in [-0.1, -0.05) is 5.16 Å². The van der Waals surface area contributed by atoms with E-state index in [1.165, 1.54) is 0 Å². The zero-order chi connectivity index (χ0) is 17.9. The molecule has 0 unspecified atom stereocenters. The predicted octanol–water partition coefficient (Wildman–Crippen LogP) is 3.39. The van der Waals surface area contributed by atoms with Crippen LogP contribution < -0.4 is 5.32 Å². The van der Waals surface area contributed by atoms with Crippen LogP contribution in [0.2, 0.25) is 0 Å². The molecule has 4 aromatic rings. The molecule has 0 radical (unpaired) electrons. The molecule has 8 heteroatoms. The fourth-order valence-electron chi connectivity index (χ4n) is 2.62. The maximum atomic E-state index is 5.76. The minimum absolute atomic E-state index is 0.522. The molecule has 0 aliphatic carbocycles. The molecule has 0 atom stereocenters. The van der Waals surface area contributed by atoms with Gasteiger partial charge in [-0.2, -0.15) is 0 Å². The van der Waals surface area contributed by atoms with Crippen LogP contribution in [0.1, 0.15) is 17.1 Å². The Balaban J connectivity index is 1.63. The summed E-state index contributed by atoms with van der Waals surface area (Å²) in [5.74, 6) is 2.60. The highest BCUT2D eigenvalue weighted by Gasteiger charge is 2.17. The summed E-state index contributed by atoms with van der Waals surface area (Å²) in [6, 6.07) is 5.64. The lowest BCUT2D eigenvalue weighted by atomic mass is 10.1. The molecule has 0 saturated heterocycles. The van der Waals surface area contributed by atoms with E-state index in [0.29, 0.717) is 29.7 Å². The number of rotatable bonds is 6. The zero-order valence-electron chi connectivity index (χ0n) is 14.5. The maximum Gasteiger partial charge on any atom is 0.223 e. The summed E-state index contributed by atoms with van der Waals surface area (Å²) >= 11 is 0. The average molecular weight is 350 g/mol. The number of nitrogens with one attached hydrogen (secondary N) is 2. The van der Waals surface area contributed by atoms with E-state index >= 15 is 0 Å². The molecule has 4 aromatic heterocycles. The summed E-state index contributed by atoms with van der Waals surface area (Å²) in [5, 5.41) is 7.17. The van der Waals surface area contributed by atoms with Crippen molar-refractivity contribution in [3.63, 3.8) is 0 Å². The van der Waals surface area contributed by atoms with Crippen molar-refractivity contribution in [1.29, 1.82) is 0 Å². The quantitative estimate of drug-likeness (QED) is 0.549. The molecule has 8 nitrogen and oxygen atoms in total. The lowest BCUT2D eigenvalue weighted by Crippen LogP contribution is -2.08. The molecular weight excluding hydrogens is 332 g/mol. The Kier molecular flexibility index (Phi) is 4.22. The van der Waals surface area contributed by atoms with Crippen LogP contribution in [0, 0.1) is 13.8 Å². The van der Waals surface area contributed by atoms with Crippen LogP contribution in [0.3, 0.4) is 0 Å². The summed E-state index contributed by atoms with van der Waals surface area (Å²) in [5.41, 5.74) is 3.24. The van der Waals surface area contributed by atoms with Crippen molar-refractivity contribution in [3.05, 3.63) is 54.1 Å². The van der Waals surface area contributed by atoms with Crippen molar-refractivity contribution >= 4 is 5.95 Å². The van der Waals surface area contributed by atoms with Crippen LogP contribution in [0.5, 0.6) is 0 Å². The zero-order valence-corrected chi connectivity index (χ0v) is 14.5. The number of hydrogen-bond donors (Lipinski definition) is 2. The van der Waals surface area contributed by atoms with Gasteiger partial charge in [0.05, 0.1) is 17.6 Å². The van der Waals surface area contributed by atoms with E-state index in [1.54, 1.807) is 18.7 Å². The van der Waals surface area contributed by atoms with E-state index in [-0.39, 0.29) is 0 Å². The van der Waals surface area contributed by atoms with Crippen LogP contribution >= 0.6 is 0 Å². The molecule has 26 heavy (non-hydrogen) atoms. The molecule has 0 aliphatic heterocycles. The molecule has 132 valence electrons. The van der Waals surface area contributed by atoms with Gasteiger partial charge in [0, 0.05) is 37.1 Å². The molecule has 0 fully saturated rings. The second-order valence-electron chi connectivity index (χ2n) is 5.95. The number of hydrogen-bond acceptors (Lipinski definition) is 7. The lowest BCUT2D eigenvalue weighted by molar-refractivity contribution is 0.427. The number of nitrogens with zero attached hydrogens (tertiary/aromatic N) is 4. The van der Waals surface area contributed by atoms with Gasteiger partial charge in [-0.3, -0.25) is 0 Å². The number of aromatic amines is 1. The minimum Gasteiger partial charge on any atom is -0.460 e. The molecule has 0 saturated carbocycles. The topological polar surface area (TPSA) is 106 Å². The van der Waals surface area contributed by atoms with Gasteiger partial charge >= 0.3 is 0 Å². The first-order valence-corrected chi connectivity index (χ1v) is 8.28. The summed E-state index contributed by atoms with van der Waals surface area (Å²) in [6.07, 6.45) is 5.98. The van der Waals surface area contributed by atoms with E-state index in [2.05, 4.69) is 30.4 Å². The van der Waals surface area contributed by atoms with Crippen molar-refractivity contribution in [2.45, 2.75) is 20.3 Å². The fourth-order valence-corrected chi connectivity index (χ4v) is 2.62. The van der Waals surface area contributed by atoms with Crippen molar-refractivity contribution in [3.8, 4) is 22.8 Å². The van der Waals surface area contributed by atoms with Gasteiger partial charge in [0.2, 0.25) is 5.95 Å². The maximum absolute atomic E-state index is 5.76. The van der Waals surface area contributed by atoms with Crippen molar-refractivity contribution in [2.75, 3.05) is 11.9 Å². The Labute approximate surface area is 149 Å². The fraction of sp³-hybridized carbons (Fsp3) is 0.222. The van der Waals surface area contributed by atoms with Crippen molar-refractivity contribution in [2.24, 2.45) is 0 Å². The summed E-state index contributed by atoms with van der Waals surface area (Å²) < 4.78 is 11.1. The number of imidazole rings is 1. The van der Waals surface area contributed by atoms with E-state index in [4.69, 9.17) is 8.94 Å². The monoisotopic (exact) mass is 350 g/mol. The van der Waals surface area contributed by atoms with Crippen molar-refractivity contribution in [1.82, 2.24) is 25.1 Å². The van der Waals surface area contributed by atoms with Gasteiger partial charge in [0.1, 0.15) is 11.5 Å². The molecule has 0 amide bonds. The van der Waals surface area contributed by atoms with Crippen LogP contribution in [0.15, 0.2) is 45.9 Å². The third-order valence-electron chi connectivity index (χ3n) is 3.89. The highest BCUT2D eigenvalue weighted by atomic mass is 16.5. The Morgan fingerprint density at radius 1 is 1.15 bits per heavy atom. The van der Waals surface area contributed by atoms with E-state index in [1.807, 2.05) is 32.0 Å². The molecule has 0 aromatic carbocycles.